The predicted molar refractivity (Wildman–Crippen MR) is 451 cm³/mol. The lowest BCUT2D eigenvalue weighted by Crippen LogP contribution is -2.66. The first-order valence-corrected chi connectivity index (χ1v) is 42.7. The molecule has 15 atom stereocenters. The van der Waals surface area contributed by atoms with Gasteiger partial charge < -0.3 is 61.6 Å². The van der Waals surface area contributed by atoms with E-state index in [4.69, 9.17) is 73.8 Å². The van der Waals surface area contributed by atoms with Crippen LogP contribution >= 0.6 is 24.0 Å². The highest BCUT2D eigenvalue weighted by atomic mass is 32.2. The molecule has 3 fully saturated rings. The van der Waals surface area contributed by atoms with Crippen LogP contribution in [0.25, 0.3) is 0 Å². The molecule has 13 rings (SSSR count). The topological polar surface area (TPSA) is 157 Å². The Morgan fingerprint density at radius 3 is 1.20 bits per heavy atom. The molecule has 115 heavy (non-hydrogen) atoms. The van der Waals surface area contributed by atoms with E-state index in [0.29, 0.717) is 55.0 Å². The quantitative estimate of drug-likeness (QED) is 0.0202. The van der Waals surface area contributed by atoms with Crippen molar-refractivity contribution >= 4 is 40.2 Å². The van der Waals surface area contributed by atoms with Gasteiger partial charge in [-0.2, -0.15) is 0 Å². The minimum Gasteiger partial charge on any atom is -0.497 e. The van der Waals surface area contributed by atoms with Gasteiger partial charge in [0.05, 0.1) is 127 Å². The van der Waals surface area contributed by atoms with Crippen LogP contribution in [0.5, 0.6) is 5.75 Å². The maximum absolute atomic E-state index is 15.6. The molecule has 18 heteroatoms. The van der Waals surface area contributed by atoms with Crippen molar-refractivity contribution in [2.24, 2.45) is 11.8 Å². The first-order valence-electron chi connectivity index (χ1n) is 41.0. The van der Waals surface area contributed by atoms with E-state index in [1.165, 1.54) is 16.7 Å². The van der Waals surface area contributed by atoms with Gasteiger partial charge in [-0.15, -0.1) is 0 Å². The van der Waals surface area contributed by atoms with Crippen LogP contribution in [-0.4, -0.2) is 134 Å². The zero-order valence-electron chi connectivity index (χ0n) is 66.4. The van der Waals surface area contributed by atoms with E-state index in [2.05, 4.69) is 67.6 Å². The van der Waals surface area contributed by atoms with Gasteiger partial charge in [-0.25, -0.2) is 0 Å². The normalized spacial score (nSPS) is 24.0. The number of thioether (sulfide) groups is 1. The number of fused-ring (bicyclic) bond motifs is 1. The molecule has 4 heterocycles. The van der Waals surface area contributed by atoms with Gasteiger partial charge in [0.25, 0.3) is 11.8 Å². The second-order valence-electron chi connectivity index (χ2n) is 30.5. The van der Waals surface area contributed by atoms with Crippen LogP contribution in [0.3, 0.4) is 0 Å². The Balaban J connectivity index is 0.887. The summed E-state index contributed by atoms with van der Waals surface area (Å²) in [6.07, 6.45) is 2.30. The second kappa shape index (κ2) is 44.9. The zero-order valence-corrected chi connectivity index (χ0v) is 68.1. The molecular formula is C97H111NO15S2. The summed E-state index contributed by atoms with van der Waals surface area (Å²) in [7, 11) is 1.68. The number of thiocarbonyl (C=S) groups is 1. The Bertz CT molecular complexity index is 4280. The lowest BCUT2D eigenvalue weighted by molar-refractivity contribution is -0.278. The van der Waals surface area contributed by atoms with Crippen molar-refractivity contribution in [1.82, 2.24) is 4.90 Å². The van der Waals surface area contributed by atoms with Crippen molar-refractivity contribution < 1.29 is 71.2 Å². The number of hydrogen-bond acceptors (Lipinski definition) is 17. The summed E-state index contributed by atoms with van der Waals surface area (Å²) < 4.78 is 93.1. The lowest BCUT2D eigenvalue weighted by atomic mass is 9.73. The van der Waals surface area contributed by atoms with Gasteiger partial charge in [0.1, 0.15) is 42.4 Å². The van der Waals surface area contributed by atoms with E-state index in [1.807, 2.05) is 194 Å². The summed E-state index contributed by atoms with van der Waals surface area (Å²) in [5.41, 5.74) is 8.63. The van der Waals surface area contributed by atoms with Gasteiger partial charge in [0.15, 0.2) is 0 Å². The van der Waals surface area contributed by atoms with Gasteiger partial charge in [0, 0.05) is 18.4 Å². The van der Waals surface area contributed by atoms with E-state index in [-0.39, 0.29) is 52.5 Å². The summed E-state index contributed by atoms with van der Waals surface area (Å²) in [5.74, 6) is -1.24. The van der Waals surface area contributed by atoms with Crippen LogP contribution in [0.4, 0.5) is 0 Å². The minimum atomic E-state index is -0.919. The van der Waals surface area contributed by atoms with Crippen LogP contribution in [0.15, 0.2) is 261 Å². The molecule has 0 saturated carbocycles. The number of carbonyl (C=O) groups excluding carboxylic acids is 2. The van der Waals surface area contributed by atoms with E-state index >= 15 is 9.59 Å². The van der Waals surface area contributed by atoms with Crippen LogP contribution in [-0.2, 0) is 110 Å². The number of carbonyl (C=O) groups is 2. The van der Waals surface area contributed by atoms with Gasteiger partial charge in [-0.05, 0) is 120 Å². The maximum Gasteiger partial charge on any atom is 0.261 e. The number of unbranched alkanes of at least 4 members (excludes halogenated alkanes) is 7. The number of rotatable bonds is 43. The third-order valence-electron chi connectivity index (χ3n) is 22.5. The summed E-state index contributed by atoms with van der Waals surface area (Å²) in [4.78, 5) is 32.7. The number of benzene rings is 9. The monoisotopic (exact) mass is 1590 g/mol. The molecule has 16 nitrogen and oxygen atoms in total. The lowest BCUT2D eigenvalue weighted by Gasteiger charge is -2.53. The molecule has 9 aromatic carbocycles. The minimum absolute atomic E-state index is 0.0958. The first kappa shape index (κ1) is 84.6. The fraction of sp³-hybridized carbons (Fsp3) is 0.412. The predicted octanol–water partition coefficient (Wildman–Crippen LogP) is 19.1. The van der Waals surface area contributed by atoms with Crippen LogP contribution in [0.2, 0.25) is 0 Å². The van der Waals surface area contributed by atoms with Crippen molar-refractivity contribution in [1.29, 1.82) is 0 Å². The molecule has 0 radical (unpaired) electrons. The molecule has 0 unspecified atom stereocenters. The van der Waals surface area contributed by atoms with Crippen molar-refractivity contribution in [3.63, 3.8) is 0 Å². The smallest absolute Gasteiger partial charge is 0.261 e. The molecule has 0 N–H and O–H groups in total. The number of hydrogen-bond donors (Lipinski definition) is 0. The summed E-state index contributed by atoms with van der Waals surface area (Å²) in [6.45, 7) is 5.32. The van der Waals surface area contributed by atoms with Crippen molar-refractivity contribution in [3.8, 4) is 5.75 Å². The molecule has 3 saturated heterocycles. The first-order chi connectivity index (χ1) is 56.6. The molecule has 0 spiro atoms. The van der Waals surface area contributed by atoms with Crippen LogP contribution in [0.1, 0.15) is 143 Å². The Morgan fingerprint density at radius 1 is 0.365 bits per heavy atom. The third kappa shape index (κ3) is 24.2. The molecule has 4 aliphatic rings. The molecule has 4 aliphatic heterocycles. The fourth-order valence-electron chi connectivity index (χ4n) is 16.6. The Kier molecular flexibility index (Phi) is 33.0. The summed E-state index contributed by atoms with van der Waals surface area (Å²) >= 11 is 7.62. The Morgan fingerprint density at radius 2 is 0.730 bits per heavy atom. The molecule has 9 aromatic rings. The van der Waals surface area contributed by atoms with Crippen LogP contribution in [0, 0.1) is 11.8 Å². The van der Waals surface area contributed by atoms with Crippen LogP contribution < -0.4 is 4.74 Å². The largest absolute Gasteiger partial charge is 0.497 e. The SMILES string of the molecule is COc1ccc(COCCCCCCCCCC[C@@H]2O[C@H](COCc3ccccc3)[C@@H](C[C@@H]3O[C@H](COCc4ccccc4)[C@H](OCc4ccccc4)[C@H](OC(=S)SC)[C@H]3C[C@@H]3O[C@@H](C)[C@@H](OCc4ccccc4)[C@@H](OCc4ccccc4)[C@@H]3OCc3ccccc3)[C@H](OCc3ccccc3)[C@H]2N2C(=O)c3ccccc3C2=O)cc1. The number of imide groups is 1. The Hall–Kier alpha value is -8.28. The van der Waals surface area contributed by atoms with E-state index < -0.39 is 103 Å². The molecule has 606 valence electrons. The average molecular weight is 1600 g/mol. The number of amides is 2. The standard InChI is InChI=1S/C97H111NO15S2/c1-69-89(105-62-72-39-21-12-22-40-72)94(109-66-76-47-29-16-30-48-76)92(107-64-74-43-25-14-26-44-74)85(110-69)58-81-84(112-87(68-104-61-71-37-19-11-20-38-71)93(91(81)113-97(114)115-3)108-65-75-45-27-15-28-46-75)57-82-86(67-103-60-70-35-17-10-18-36-70)111-83(51-31-8-6-4-5-7-9-34-56-102-59-77-52-54-78(101-2)55-53-77)88(90(82)106-63-73-41-23-13-24-42-73)98-95(99)79-49-32-33-50-80(79)96(98)100/h10-30,32-33,35-50,52-55,69,81-94H,4-9,31,34,51,56-68H2,1-3H3/t69-,81-,82+,83-,84-,85-,86+,87+,88-,89+,90-,91+,92+,93-,94+/m0/s1. The number of nitrogens with zero attached hydrogens (tertiary/aromatic N) is 1. The maximum atomic E-state index is 15.6. The van der Waals surface area contributed by atoms with Crippen molar-refractivity contribution in [3.05, 3.63) is 316 Å². The highest BCUT2D eigenvalue weighted by molar-refractivity contribution is 8.22. The molecule has 0 aliphatic carbocycles. The molecule has 0 bridgehead atoms. The third-order valence-corrected chi connectivity index (χ3v) is 23.5. The van der Waals surface area contributed by atoms with E-state index in [0.717, 1.165) is 102 Å². The van der Waals surface area contributed by atoms with Gasteiger partial charge in [-0.3, -0.25) is 14.5 Å². The zero-order chi connectivity index (χ0) is 79.2. The summed E-state index contributed by atoms with van der Waals surface area (Å²) in [6, 6.07) is 85.1. The summed E-state index contributed by atoms with van der Waals surface area (Å²) in [5, 5.41) is 0. The van der Waals surface area contributed by atoms with Gasteiger partial charge in [-0.1, -0.05) is 293 Å². The molecule has 0 aromatic heterocycles. The highest BCUT2D eigenvalue weighted by Crippen LogP contribution is 2.46. The van der Waals surface area contributed by atoms with Crippen molar-refractivity contribution in [2.45, 2.75) is 210 Å². The molecular weight excluding hydrogens is 1480 g/mol. The molecule has 2 amide bonds. The van der Waals surface area contributed by atoms with E-state index in [1.54, 1.807) is 19.2 Å². The van der Waals surface area contributed by atoms with Gasteiger partial charge in [0.2, 0.25) is 4.38 Å². The Labute approximate surface area is 689 Å². The highest BCUT2D eigenvalue weighted by Gasteiger charge is 2.58. The number of ether oxygens (including phenoxy) is 13. The van der Waals surface area contributed by atoms with Gasteiger partial charge >= 0.3 is 0 Å². The second-order valence-corrected chi connectivity index (χ2v) is 31.9. The van der Waals surface area contributed by atoms with E-state index in [9.17, 15) is 0 Å². The average Bonchev–Trinajstić information content (AvgIpc) is 1.66. The number of methoxy groups -OCH3 is 1. The fourth-order valence-corrected chi connectivity index (χ4v) is 16.9. The van der Waals surface area contributed by atoms with Crippen molar-refractivity contribution in [2.75, 3.05) is 33.2 Å².